The van der Waals surface area contributed by atoms with Crippen LogP contribution in [0.2, 0.25) is 0 Å². The zero-order valence-corrected chi connectivity index (χ0v) is 29.5. The van der Waals surface area contributed by atoms with E-state index in [4.69, 9.17) is 14.2 Å². The summed E-state index contributed by atoms with van der Waals surface area (Å²) in [6.07, 6.45) is -0.794. The van der Waals surface area contributed by atoms with Gasteiger partial charge in [0.05, 0.1) is 30.8 Å². The number of sulfonamides is 1. The molecule has 0 spiro atoms. The number of ether oxygens (including phenoxy) is 3. The maximum Gasteiger partial charge on any atom is 0.416 e. The fraction of sp³-hybridized carbons (Fsp3) is 0.353. The SMILES string of the molecule is COc1ccc(CN(c2ccncn2)S(=O)(=O)c2cc(Br)c(O[C@H]3CC[C@H](c4cccc(C(F)(F)F)c4)C[C@@H]3N(C)C)cc2F)c(OC)c1. The molecule has 15 heteroatoms. The number of benzene rings is 3. The number of hydrogen-bond acceptors (Lipinski definition) is 8. The van der Waals surface area contributed by atoms with Crippen molar-refractivity contribution < 1.29 is 40.2 Å². The normalized spacial score (nSPS) is 18.3. The summed E-state index contributed by atoms with van der Waals surface area (Å²) in [4.78, 5) is 9.32. The van der Waals surface area contributed by atoms with E-state index in [-0.39, 0.29) is 34.5 Å². The second-order valence-electron chi connectivity index (χ2n) is 11.8. The molecule has 0 amide bonds. The average Bonchev–Trinajstić information content (AvgIpc) is 3.08. The van der Waals surface area contributed by atoms with E-state index in [2.05, 4.69) is 25.9 Å². The van der Waals surface area contributed by atoms with Gasteiger partial charge in [-0.3, -0.25) is 0 Å². The summed E-state index contributed by atoms with van der Waals surface area (Å²) in [6, 6.07) is 13.6. The third-order valence-electron chi connectivity index (χ3n) is 8.57. The zero-order valence-electron chi connectivity index (χ0n) is 27.1. The van der Waals surface area contributed by atoms with E-state index in [0.29, 0.717) is 41.9 Å². The van der Waals surface area contributed by atoms with Crippen LogP contribution in [0, 0.1) is 5.82 Å². The number of rotatable bonds is 11. The van der Waals surface area contributed by atoms with Crippen molar-refractivity contribution in [1.29, 1.82) is 0 Å². The molecule has 49 heavy (non-hydrogen) atoms. The Bertz CT molecular complexity index is 1880. The number of aromatic nitrogens is 2. The molecule has 1 aliphatic carbocycles. The fourth-order valence-corrected chi connectivity index (χ4v) is 8.07. The molecule has 0 unspecified atom stereocenters. The van der Waals surface area contributed by atoms with Gasteiger partial charge in [-0.1, -0.05) is 18.2 Å². The van der Waals surface area contributed by atoms with Gasteiger partial charge in [0.2, 0.25) is 0 Å². The van der Waals surface area contributed by atoms with E-state index in [9.17, 15) is 21.6 Å². The van der Waals surface area contributed by atoms with Gasteiger partial charge in [-0.2, -0.15) is 13.2 Å². The van der Waals surface area contributed by atoms with E-state index in [1.807, 2.05) is 19.0 Å². The Morgan fingerprint density at radius 1 is 0.980 bits per heavy atom. The van der Waals surface area contributed by atoms with Crippen molar-refractivity contribution in [3.63, 3.8) is 0 Å². The summed E-state index contributed by atoms with van der Waals surface area (Å²) in [5, 5.41) is 0. The molecule has 9 nitrogen and oxygen atoms in total. The Hall–Kier alpha value is -3.95. The van der Waals surface area contributed by atoms with Gasteiger partial charge in [0.25, 0.3) is 10.0 Å². The van der Waals surface area contributed by atoms with Crippen molar-refractivity contribution in [2.75, 3.05) is 32.6 Å². The maximum atomic E-state index is 15.9. The van der Waals surface area contributed by atoms with Crippen molar-refractivity contribution in [2.24, 2.45) is 0 Å². The molecule has 3 atom stereocenters. The van der Waals surface area contributed by atoms with Crippen LogP contribution in [0.5, 0.6) is 17.2 Å². The summed E-state index contributed by atoms with van der Waals surface area (Å²) >= 11 is 3.39. The van der Waals surface area contributed by atoms with Gasteiger partial charge >= 0.3 is 6.18 Å². The molecule has 0 aliphatic heterocycles. The van der Waals surface area contributed by atoms with Gasteiger partial charge in [0.15, 0.2) is 0 Å². The van der Waals surface area contributed by atoms with Crippen molar-refractivity contribution in [3.8, 4) is 17.2 Å². The van der Waals surface area contributed by atoms with Crippen LogP contribution >= 0.6 is 15.9 Å². The van der Waals surface area contributed by atoms with Crippen LogP contribution in [-0.4, -0.2) is 63.7 Å². The molecule has 1 fully saturated rings. The first-order valence-electron chi connectivity index (χ1n) is 15.2. The molecule has 1 aromatic heterocycles. The van der Waals surface area contributed by atoms with Crippen molar-refractivity contribution in [1.82, 2.24) is 14.9 Å². The van der Waals surface area contributed by atoms with Crippen molar-refractivity contribution in [3.05, 3.63) is 100 Å². The monoisotopic (exact) mass is 766 g/mol. The first kappa shape index (κ1) is 36.3. The highest BCUT2D eigenvalue weighted by Crippen LogP contribution is 2.41. The standard InChI is InChI=1S/C34H35BrF4N4O5S/c1-42(2)28-15-22(21-6-5-7-24(14-21)34(37,38)39)9-11-29(28)48-31-18-27(36)32(17-26(31)35)49(44,45)43(33-12-13-40-20-41-33)19-23-8-10-25(46-3)16-30(23)47-4/h5-8,10,12-14,16-18,20,22,28-29H,9,11,15,19H2,1-4H3/t22-,28-,29-/m0/s1. The average molecular weight is 768 g/mol. The Balaban J connectivity index is 1.42. The van der Waals surface area contributed by atoms with E-state index < -0.39 is 38.6 Å². The summed E-state index contributed by atoms with van der Waals surface area (Å²) in [5.74, 6) is -0.218. The minimum atomic E-state index is -4.56. The zero-order chi connectivity index (χ0) is 35.5. The van der Waals surface area contributed by atoms with Gasteiger partial charge in [0.1, 0.15) is 46.2 Å². The lowest BCUT2D eigenvalue weighted by Crippen LogP contribution is -2.46. The Labute approximate surface area is 291 Å². The van der Waals surface area contributed by atoms with Gasteiger partial charge in [0, 0.05) is 36.0 Å². The van der Waals surface area contributed by atoms with Crippen molar-refractivity contribution >= 4 is 31.8 Å². The number of alkyl halides is 3. The van der Waals surface area contributed by atoms with Gasteiger partial charge in [-0.15, -0.1) is 0 Å². The van der Waals surface area contributed by atoms with Crippen LogP contribution in [-0.2, 0) is 22.7 Å². The van der Waals surface area contributed by atoms with E-state index in [0.717, 1.165) is 22.5 Å². The molecule has 262 valence electrons. The minimum absolute atomic E-state index is 0.00933. The number of likely N-dealkylation sites (N-methyl/N-ethyl adjacent to an activating group) is 1. The smallest absolute Gasteiger partial charge is 0.416 e. The Morgan fingerprint density at radius 3 is 2.41 bits per heavy atom. The third kappa shape index (κ3) is 8.10. The fourth-order valence-electron chi connectivity index (χ4n) is 6.01. The predicted molar refractivity (Wildman–Crippen MR) is 179 cm³/mol. The molecule has 1 saturated carbocycles. The summed E-state index contributed by atoms with van der Waals surface area (Å²) in [6.45, 7) is -0.249. The highest BCUT2D eigenvalue weighted by molar-refractivity contribution is 9.10. The summed E-state index contributed by atoms with van der Waals surface area (Å²) in [5.41, 5.74) is 0.378. The molecule has 0 saturated heterocycles. The van der Waals surface area contributed by atoms with Crippen molar-refractivity contribution in [2.45, 2.75) is 54.9 Å². The van der Waals surface area contributed by atoms with Crippen LogP contribution < -0.4 is 18.5 Å². The molecule has 1 heterocycles. The third-order valence-corrected chi connectivity index (χ3v) is 11.0. The number of methoxy groups -OCH3 is 2. The quantitative estimate of drug-likeness (QED) is 0.145. The first-order chi connectivity index (χ1) is 23.2. The van der Waals surface area contributed by atoms with Crippen LogP contribution in [0.1, 0.15) is 41.9 Å². The number of anilines is 1. The second kappa shape index (κ2) is 14.9. The largest absolute Gasteiger partial charge is 0.497 e. The highest BCUT2D eigenvalue weighted by atomic mass is 79.9. The van der Waals surface area contributed by atoms with E-state index in [1.165, 1.54) is 44.9 Å². The highest BCUT2D eigenvalue weighted by Gasteiger charge is 2.37. The molecule has 0 bridgehead atoms. The van der Waals surface area contributed by atoms with Gasteiger partial charge < -0.3 is 19.1 Å². The lowest BCUT2D eigenvalue weighted by atomic mass is 9.79. The molecule has 1 aliphatic rings. The van der Waals surface area contributed by atoms with Crippen LogP contribution in [0.15, 0.2) is 82.6 Å². The van der Waals surface area contributed by atoms with Crippen LogP contribution in [0.3, 0.4) is 0 Å². The lowest BCUT2D eigenvalue weighted by Gasteiger charge is -2.40. The van der Waals surface area contributed by atoms with Crippen LogP contribution in [0.4, 0.5) is 23.4 Å². The number of halogens is 5. The molecule has 4 aromatic rings. The lowest BCUT2D eigenvalue weighted by molar-refractivity contribution is -0.137. The first-order valence-corrected chi connectivity index (χ1v) is 17.4. The molecule has 5 rings (SSSR count). The molecule has 0 radical (unpaired) electrons. The Morgan fingerprint density at radius 2 is 1.76 bits per heavy atom. The maximum absolute atomic E-state index is 15.9. The number of hydrogen-bond donors (Lipinski definition) is 0. The number of nitrogens with zero attached hydrogens (tertiary/aromatic N) is 4. The van der Waals surface area contributed by atoms with Crippen LogP contribution in [0.25, 0.3) is 0 Å². The molecule has 3 aromatic carbocycles. The van der Waals surface area contributed by atoms with Gasteiger partial charge in [-0.25, -0.2) is 27.1 Å². The molecular formula is C34H35BrF4N4O5S. The minimum Gasteiger partial charge on any atom is -0.497 e. The van der Waals surface area contributed by atoms with E-state index >= 15 is 4.39 Å². The van der Waals surface area contributed by atoms with Gasteiger partial charge in [-0.05, 0) is 85.0 Å². The Kier molecular flexibility index (Phi) is 11.0. The topological polar surface area (TPSA) is 94.1 Å². The second-order valence-corrected chi connectivity index (χ2v) is 14.5. The summed E-state index contributed by atoms with van der Waals surface area (Å²) in [7, 11) is 2.06. The molecular weight excluding hydrogens is 732 g/mol. The molecule has 0 N–H and O–H groups in total. The van der Waals surface area contributed by atoms with E-state index in [1.54, 1.807) is 24.3 Å². The predicted octanol–water partition coefficient (Wildman–Crippen LogP) is 7.46. The summed E-state index contributed by atoms with van der Waals surface area (Å²) < 4.78 is 103.